The molecule has 0 aliphatic carbocycles. The molecule has 0 radical (unpaired) electrons. The number of nitrogens with zero attached hydrogens (tertiary/aromatic N) is 1. The Labute approximate surface area is 276 Å². The number of alkyl halides is 3. The van der Waals surface area contributed by atoms with Gasteiger partial charge in [0.05, 0.1) is 18.4 Å². The Hall–Kier alpha value is -5.66. The van der Waals surface area contributed by atoms with E-state index in [1.165, 1.54) is 12.1 Å². The van der Waals surface area contributed by atoms with Crippen molar-refractivity contribution >= 4 is 11.6 Å². The molecule has 48 heavy (non-hydrogen) atoms. The maximum atomic E-state index is 15.5. The molecule has 0 bridgehead atoms. The highest BCUT2D eigenvalue weighted by Crippen LogP contribution is 2.54. The van der Waals surface area contributed by atoms with Gasteiger partial charge in [0.25, 0.3) is 5.91 Å². The van der Waals surface area contributed by atoms with Crippen molar-refractivity contribution in [3.63, 3.8) is 0 Å². The van der Waals surface area contributed by atoms with Gasteiger partial charge in [0.15, 0.2) is 0 Å². The Morgan fingerprint density at radius 1 is 0.646 bits per heavy atom. The molecule has 1 amide bonds. The summed E-state index contributed by atoms with van der Waals surface area (Å²) in [5.74, 6) is 0.164. The maximum absolute atomic E-state index is 15.5. The highest BCUT2D eigenvalue weighted by atomic mass is 19.4. The number of carbonyl (C=O) groups is 1. The summed E-state index contributed by atoms with van der Waals surface area (Å²) in [5, 5.41) is 0. The van der Waals surface area contributed by atoms with Crippen LogP contribution in [0.3, 0.4) is 0 Å². The molecule has 0 saturated heterocycles. The summed E-state index contributed by atoms with van der Waals surface area (Å²) in [6.07, 6.45) is -4.59. The zero-order valence-electron chi connectivity index (χ0n) is 26.0. The maximum Gasteiger partial charge on any atom is 0.417 e. The lowest BCUT2D eigenvalue weighted by Crippen LogP contribution is -2.56. The summed E-state index contributed by atoms with van der Waals surface area (Å²) in [7, 11) is 1.55. The molecule has 0 unspecified atom stereocenters. The van der Waals surface area contributed by atoms with Crippen LogP contribution >= 0.6 is 0 Å². The third kappa shape index (κ3) is 4.78. The molecule has 4 nitrogen and oxygen atoms in total. The molecule has 0 saturated carbocycles. The summed E-state index contributed by atoms with van der Waals surface area (Å²) >= 11 is 0. The number of ether oxygens (including phenoxy) is 1. The summed E-state index contributed by atoms with van der Waals surface area (Å²) in [6, 6.07) is 46.3. The SMILES string of the molecule is COc1ccc([C@]2(N)C(=O)N(C(c3ccccc3)(c3ccccc3)c3ccccc3)c3cc(-c4ccccc4C(F)(F)F)ccc32)cc1. The molecule has 7 rings (SSSR count). The molecule has 6 aromatic carbocycles. The first-order chi connectivity index (χ1) is 23.2. The zero-order chi connectivity index (χ0) is 33.5. The van der Waals surface area contributed by atoms with E-state index in [-0.39, 0.29) is 5.56 Å². The van der Waals surface area contributed by atoms with Crippen molar-refractivity contribution in [1.82, 2.24) is 0 Å². The van der Waals surface area contributed by atoms with Gasteiger partial charge >= 0.3 is 6.18 Å². The number of amides is 1. The van der Waals surface area contributed by atoms with E-state index in [4.69, 9.17) is 10.5 Å². The smallest absolute Gasteiger partial charge is 0.417 e. The normalized spacial score (nSPS) is 16.1. The molecule has 2 N–H and O–H groups in total. The lowest BCUT2D eigenvalue weighted by atomic mass is 9.75. The van der Waals surface area contributed by atoms with Crippen LogP contribution in [-0.2, 0) is 22.0 Å². The second-order valence-corrected chi connectivity index (χ2v) is 11.8. The van der Waals surface area contributed by atoms with Gasteiger partial charge in [-0.3, -0.25) is 9.69 Å². The summed E-state index contributed by atoms with van der Waals surface area (Å²) in [5.41, 5.74) is 7.64. The predicted molar refractivity (Wildman–Crippen MR) is 182 cm³/mol. The van der Waals surface area contributed by atoms with Gasteiger partial charge < -0.3 is 10.5 Å². The molecular formula is C41H31F3N2O2. The Balaban J connectivity index is 1.60. The highest BCUT2D eigenvalue weighted by molar-refractivity contribution is 6.12. The number of methoxy groups -OCH3 is 1. The van der Waals surface area contributed by atoms with Crippen LogP contribution < -0.4 is 15.4 Å². The number of benzene rings is 6. The minimum atomic E-state index is -4.59. The topological polar surface area (TPSA) is 55.6 Å². The number of anilines is 1. The van der Waals surface area contributed by atoms with Crippen LogP contribution in [-0.4, -0.2) is 13.0 Å². The number of hydrogen-bond donors (Lipinski definition) is 1. The number of fused-ring (bicyclic) bond motifs is 1. The van der Waals surface area contributed by atoms with Crippen molar-refractivity contribution in [1.29, 1.82) is 0 Å². The Kier molecular flexibility index (Phi) is 7.65. The lowest BCUT2D eigenvalue weighted by Gasteiger charge is -2.44. The van der Waals surface area contributed by atoms with Crippen molar-refractivity contribution in [3.05, 3.63) is 191 Å². The van der Waals surface area contributed by atoms with Crippen molar-refractivity contribution < 1.29 is 22.7 Å². The van der Waals surface area contributed by atoms with Gasteiger partial charge in [-0.25, -0.2) is 0 Å². The number of nitrogens with two attached hydrogens (primary N) is 1. The van der Waals surface area contributed by atoms with E-state index < -0.39 is 28.7 Å². The van der Waals surface area contributed by atoms with Crippen LogP contribution in [0.1, 0.15) is 33.4 Å². The summed E-state index contributed by atoms with van der Waals surface area (Å²) < 4.78 is 48.3. The minimum Gasteiger partial charge on any atom is -0.497 e. The minimum absolute atomic E-state index is 0.00361. The van der Waals surface area contributed by atoms with E-state index in [0.717, 1.165) is 22.8 Å². The average Bonchev–Trinajstić information content (AvgIpc) is 3.36. The molecular weight excluding hydrogens is 609 g/mol. The van der Waals surface area contributed by atoms with Crippen molar-refractivity contribution in [3.8, 4) is 16.9 Å². The number of carbonyl (C=O) groups excluding carboxylic acids is 1. The monoisotopic (exact) mass is 640 g/mol. The summed E-state index contributed by atoms with van der Waals surface area (Å²) in [6.45, 7) is 0. The molecule has 1 heterocycles. The van der Waals surface area contributed by atoms with Crippen molar-refractivity contribution in [2.75, 3.05) is 12.0 Å². The first-order valence-electron chi connectivity index (χ1n) is 15.5. The predicted octanol–water partition coefficient (Wildman–Crippen LogP) is 8.92. The van der Waals surface area contributed by atoms with E-state index >= 15 is 4.79 Å². The fourth-order valence-electron chi connectivity index (χ4n) is 6.99. The molecule has 0 spiro atoms. The molecule has 1 atom stereocenters. The van der Waals surface area contributed by atoms with E-state index in [9.17, 15) is 13.2 Å². The fourth-order valence-corrected chi connectivity index (χ4v) is 6.99. The second-order valence-electron chi connectivity index (χ2n) is 11.8. The first kappa shape index (κ1) is 31.0. The van der Waals surface area contributed by atoms with Crippen LogP contribution in [0, 0.1) is 0 Å². The van der Waals surface area contributed by atoms with E-state index in [1.807, 2.05) is 91.0 Å². The van der Waals surface area contributed by atoms with Gasteiger partial charge in [0, 0.05) is 5.56 Å². The Morgan fingerprint density at radius 2 is 1.15 bits per heavy atom. The summed E-state index contributed by atoms with van der Waals surface area (Å²) in [4.78, 5) is 17.2. The molecule has 0 aromatic heterocycles. The highest BCUT2D eigenvalue weighted by Gasteiger charge is 2.58. The van der Waals surface area contributed by atoms with E-state index in [2.05, 4.69) is 0 Å². The molecule has 238 valence electrons. The zero-order valence-corrected chi connectivity index (χ0v) is 26.0. The van der Waals surface area contributed by atoms with Gasteiger partial charge in [-0.1, -0.05) is 133 Å². The van der Waals surface area contributed by atoms with Crippen LogP contribution in [0.25, 0.3) is 11.1 Å². The third-order valence-electron chi connectivity index (χ3n) is 9.20. The molecule has 1 aliphatic heterocycles. The van der Waals surface area contributed by atoms with Crippen LogP contribution in [0.5, 0.6) is 5.75 Å². The van der Waals surface area contributed by atoms with Crippen LogP contribution in [0.15, 0.2) is 158 Å². The quantitative estimate of drug-likeness (QED) is 0.177. The van der Waals surface area contributed by atoms with Crippen molar-refractivity contribution in [2.24, 2.45) is 5.73 Å². The average molecular weight is 641 g/mol. The first-order valence-corrected chi connectivity index (χ1v) is 15.5. The Morgan fingerprint density at radius 3 is 1.65 bits per heavy atom. The van der Waals surface area contributed by atoms with Gasteiger partial charge in [-0.2, -0.15) is 13.2 Å². The van der Waals surface area contributed by atoms with Crippen LogP contribution in [0.4, 0.5) is 18.9 Å². The third-order valence-corrected chi connectivity index (χ3v) is 9.20. The van der Waals surface area contributed by atoms with E-state index in [0.29, 0.717) is 28.1 Å². The van der Waals surface area contributed by atoms with Crippen molar-refractivity contribution in [2.45, 2.75) is 17.3 Å². The molecule has 6 aromatic rings. The largest absolute Gasteiger partial charge is 0.497 e. The number of hydrogen-bond acceptors (Lipinski definition) is 3. The van der Waals surface area contributed by atoms with E-state index in [1.54, 1.807) is 60.5 Å². The van der Waals surface area contributed by atoms with Gasteiger partial charge in [-0.05, 0) is 57.6 Å². The molecule has 0 fully saturated rings. The standard InChI is InChI=1S/C41H31F3N2O2/c1-48-33-24-22-29(23-25-33)39(45)36-26-21-28(34-19-11-12-20-35(34)41(42,43)44)27-37(36)46(38(39)47)40(30-13-5-2-6-14-30,31-15-7-3-8-16-31)32-17-9-4-10-18-32/h2-27H,45H2,1H3/t39-/m1/s1. The second kappa shape index (κ2) is 11.9. The lowest BCUT2D eigenvalue weighted by molar-refractivity contribution is -0.137. The van der Waals surface area contributed by atoms with Gasteiger partial charge in [0.2, 0.25) is 0 Å². The van der Waals surface area contributed by atoms with Gasteiger partial charge in [0.1, 0.15) is 16.8 Å². The fraction of sp³-hybridized carbons (Fsp3) is 0.0976. The molecule has 1 aliphatic rings. The molecule has 7 heteroatoms. The van der Waals surface area contributed by atoms with Crippen LogP contribution in [0.2, 0.25) is 0 Å². The number of rotatable bonds is 7. The number of halogens is 3. The van der Waals surface area contributed by atoms with Gasteiger partial charge in [-0.15, -0.1) is 0 Å². The Bertz CT molecular complexity index is 1990.